The number of nitro benzene ring substituents is 1. The van der Waals surface area contributed by atoms with E-state index in [1.165, 1.54) is 48.5 Å². The van der Waals surface area contributed by atoms with E-state index in [9.17, 15) is 27.7 Å². The van der Waals surface area contributed by atoms with Gasteiger partial charge in [-0.3, -0.25) is 14.9 Å². The lowest BCUT2D eigenvalue weighted by atomic mass is 10.0. The summed E-state index contributed by atoms with van der Waals surface area (Å²) >= 11 is 0. The summed E-state index contributed by atoms with van der Waals surface area (Å²) in [5.41, 5.74) is 0.426. The Morgan fingerprint density at radius 1 is 1.03 bits per heavy atom. The Kier molecular flexibility index (Phi) is 6.07. The predicted octanol–water partition coefficient (Wildman–Crippen LogP) is 4.83. The molecule has 0 aliphatic carbocycles. The molecule has 8 heteroatoms. The Morgan fingerprint density at radius 2 is 1.70 bits per heavy atom. The lowest BCUT2D eigenvalue weighted by Crippen LogP contribution is -2.19. The molecule has 0 unspecified atom stereocenters. The fraction of sp³-hybridized carbons (Fsp3) is 0.136. The Labute approximate surface area is 173 Å². The van der Waals surface area contributed by atoms with Crippen molar-refractivity contribution in [3.8, 4) is 0 Å². The van der Waals surface area contributed by atoms with Gasteiger partial charge in [0.25, 0.3) is 5.69 Å². The van der Waals surface area contributed by atoms with Crippen LogP contribution < -0.4 is 0 Å². The maximum Gasteiger partial charge on any atom is 0.270 e. The van der Waals surface area contributed by atoms with E-state index in [4.69, 9.17) is 0 Å². The van der Waals surface area contributed by atoms with E-state index in [1.54, 1.807) is 19.1 Å². The number of nitrogens with zero attached hydrogens (tertiary/aromatic N) is 1. The molecule has 0 amide bonds. The highest BCUT2D eigenvalue weighted by Crippen LogP contribution is 2.34. The minimum Gasteiger partial charge on any atom is -0.294 e. The first-order chi connectivity index (χ1) is 14.2. The molecule has 0 aliphatic heterocycles. The first kappa shape index (κ1) is 21.3. The molecule has 0 N–H and O–H groups in total. The van der Waals surface area contributed by atoms with Crippen molar-refractivity contribution in [1.82, 2.24) is 0 Å². The van der Waals surface area contributed by atoms with Crippen LogP contribution in [0.15, 0.2) is 77.7 Å². The van der Waals surface area contributed by atoms with Crippen molar-refractivity contribution in [2.75, 3.05) is 0 Å². The summed E-state index contributed by atoms with van der Waals surface area (Å²) < 4.78 is 41.1. The Bertz CT molecular complexity index is 1210. The van der Waals surface area contributed by atoms with Crippen molar-refractivity contribution in [3.05, 3.63) is 105 Å². The Morgan fingerprint density at radius 3 is 2.33 bits per heavy atom. The van der Waals surface area contributed by atoms with Crippen LogP contribution in [-0.4, -0.2) is 19.1 Å². The van der Waals surface area contributed by atoms with Crippen molar-refractivity contribution < 1.29 is 22.5 Å². The van der Waals surface area contributed by atoms with Crippen molar-refractivity contribution >= 4 is 21.3 Å². The maximum atomic E-state index is 14.5. The molecule has 3 aromatic rings. The number of Topliss-reactive ketones (excluding diaryl/α,β-unsaturated/α-hetero) is 1. The number of non-ortho nitro benzene ring substituents is 1. The third-order valence-electron chi connectivity index (χ3n) is 4.73. The standard InChI is InChI=1S/C22H18FNO5S/c1-15-9-11-18(12-10-15)30(28,29)22(19-7-2-3-8-20(19)23)14-21(25)16-5-4-6-17(13-16)24(26)27/h2-13,22H,14H2,1H3/t22-/m0/s1. The zero-order valence-corrected chi connectivity index (χ0v) is 16.8. The molecule has 0 aliphatic rings. The Hall–Kier alpha value is -3.39. The largest absolute Gasteiger partial charge is 0.294 e. The maximum absolute atomic E-state index is 14.5. The van der Waals surface area contributed by atoms with Gasteiger partial charge in [0.15, 0.2) is 15.6 Å². The number of nitro groups is 1. The Balaban J connectivity index is 2.06. The van der Waals surface area contributed by atoms with Crippen LogP contribution in [0.25, 0.3) is 0 Å². The van der Waals surface area contributed by atoms with E-state index in [-0.39, 0.29) is 21.7 Å². The minimum absolute atomic E-state index is 0.00959. The molecule has 30 heavy (non-hydrogen) atoms. The second-order valence-corrected chi connectivity index (χ2v) is 8.93. The van der Waals surface area contributed by atoms with Crippen LogP contribution in [0, 0.1) is 22.9 Å². The van der Waals surface area contributed by atoms with E-state index in [2.05, 4.69) is 0 Å². The second kappa shape index (κ2) is 8.54. The highest BCUT2D eigenvalue weighted by molar-refractivity contribution is 7.91. The second-order valence-electron chi connectivity index (χ2n) is 6.80. The minimum atomic E-state index is -4.12. The molecule has 154 valence electrons. The molecular formula is C22H18FNO5S. The first-order valence-corrected chi connectivity index (χ1v) is 10.6. The normalized spacial score (nSPS) is 12.3. The zero-order valence-electron chi connectivity index (χ0n) is 16.0. The van der Waals surface area contributed by atoms with E-state index >= 15 is 0 Å². The average Bonchev–Trinajstić information content (AvgIpc) is 2.73. The van der Waals surface area contributed by atoms with Crippen LogP contribution in [-0.2, 0) is 9.84 Å². The van der Waals surface area contributed by atoms with Crippen molar-refractivity contribution in [2.45, 2.75) is 23.5 Å². The number of rotatable bonds is 7. The number of aryl methyl sites for hydroxylation is 1. The van der Waals surface area contributed by atoms with Gasteiger partial charge in [0, 0.05) is 29.7 Å². The number of benzene rings is 3. The van der Waals surface area contributed by atoms with Crippen LogP contribution in [0.4, 0.5) is 10.1 Å². The first-order valence-electron chi connectivity index (χ1n) is 9.03. The van der Waals surface area contributed by atoms with E-state index < -0.39 is 38.0 Å². The summed E-state index contributed by atoms with van der Waals surface area (Å²) in [6.07, 6.45) is -0.557. The van der Waals surface area contributed by atoms with Gasteiger partial charge in [0.1, 0.15) is 11.1 Å². The topological polar surface area (TPSA) is 94.3 Å². The molecule has 6 nitrogen and oxygen atoms in total. The SMILES string of the molecule is Cc1ccc(S(=O)(=O)[C@@H](CC(=O)c2cccc([N+](=O)[O-])c2)c2ccccc2F)cc1. The summed E-state index contributed by atoms with van der Waals surface area (Å²) in [6, 6.07) is 16.5. The molecule has 3 aromatic carbocycles. The molecule has 0 aromatic heterocycles. The quantitative estimate of drug-likeness (QED) is 0.306. The van der Waals surface area contributed by atoms with Crippen LogP contribution in [0.3, 0.4) is 0 Å². The summed E-state index contributed by atoms with van der Waals surface area (Å²) in [5, 5.41) is 9.51. The third kappa shape index (κ3) is 4.44. The van der Waals surface area contributed by atoms with Gasteiger partial charge >= 0.3 is 0 Å². The third-order valence-corrected chi connectivity index (χ3v) is 6.82. The fourth-order valence-corrected chi connectivity index (χ4v) is 4.83. The smallest absolute Gasteiger partial charge is 0.270 e. The molecule has 0 radical (unpaired) electrons. The number of sulfone groups is 1. The van der Waals surface area contributed by atoms with E-state index in [0.717, 1.165) is 17.7 Å². The predicted molar refractivity (Wildman–Crippen MR) is 110 cm³/mol. The molecule has 0 heterocycles. The monoisotopic (exact) mass is 427 g/mol. The van der Waals surface area contributed by atoms with Gasteiger partial charge in [-0.05, 0) is 25.1 Å². The van der Waals surface area contributed by atoms with Crippen LogP contribution in [0.1, 0.15) is 33.2 Å². The van der Waals surface area contributed by atoms with Gasteiger partial charge in [-0.2, -0.15) is 0 Å². The van der Waals surface area contributed by atoms with Crippen molar-refractivity contribution in [2.24, 2.45) is 0 Å². The van der Waals surface area contributed by atoms with Crippen LogP contribution >= 0.6 is 0 Å². The number of hydrogen-bond acceptors (Lipinski definition) is 5. The lowest BCUT2D eigenvalue weighted by Gasteiger charge is -2.18. The summed E-state index contributed by atoms with van der Waals surface area (Å²) in [7, 11) is -4.12. The molecular weight excluding hydrogens is 409 g/mol. The highest BCUT2D eigenvalue weighted by atomic mass is 32.2. The van der Waals surface area contributed by atoms with Gasteiger partial charge in [0.2, 0.25) is 0 Å². The van der Waals surface area contributed by atoms with Gasteiger partial charge in [-0.15, -0.1) is 0 Å². The van der Waals surface area contributed by atoms with Crippen molar-refractivity contribution in [1.29, 1.82) is 0 Å². The van der Waals surface area contributed by atoms with E-state index in [1.807, 2.05) is 0 Å². The number of ketones is 1. The zero-order chi connectivity index (χ0) is 21.9. The molecule has 0 saturated heterocycles. The summed E-state index contributed by atoms with van der Waals surface area (Å²) in [5.74, 6) is -1.38. The number of carbonyl (C=O) groups is 1. The molecule has 1 atom stereocenters. The molecule has 0 spiro atoms. The average molecular weight is 427 g/mol. The summed E-state index contributed by atoms with van der Waals surface area (Å²) in [6.45, 7) is 1.80. The van der Waals surface area contributed by atoms with Crippen LogP contribution in [0.2, 0.25) is 0 Å². The van der Waals surface area contributed by atoms with Crippen LogP contribution in [0.5, 0.6) is 0 Å². The molecule has 0 saturated carbocycles. The highest BCUT2D eigenvalue weighted by Gasteiger charge is 2.33. The summed E-state index contributed by atoms with van der Waals surface area (Å²) in [4.78, 5) is 23.1. The number of halogens is 1. The van der Waals surface area contributed by atoms with Gasteiger partial charge < -0.3 is 0 Å². The van der Waals surface area contributed by atoms with E-state index in [0.29, 0.717) is 0 Å². The lowest BCUT2D eigenvalue weighted by molar-refractivity contribution is -0.384. The molecule has 0 bridgehead atoms. The number of hydrogen-bond donors (Lipinski definition) is 0. The van der Waals surface area contributed by atoms with Gasteiger partial charge in [-0.25, -0.2) is 12.8 Å². The fourth-order valence-electron chi connectivity index (χ4n) is 3.09. The molecule has 3 rings (SSSR count). The van der Waals surface area contributed by atoms with Crippen molar-refractivity contribution in [3.63, 3.8) is 0 Å². The van der Waals surface area contributed by atoms with Gasteiger partial charge in [-0.1, -0.05) is 48.0 Å². The molecule has 0 fully saturated rings. The van der Waals surface area contributed by atoms with Gasteiger partial charge in [0.05, 0.1) is 9.82 Å². The number of carbonyl (C=O) groups excluding carboxylic acids is 1.